The van der Waals surface area contributed by atoms with Crippen LogP contribution in [0.2, 0.25) is 0 Å². The Morgan fingerprint density at radius 3 is 1.58 bits per heavy atom. The van der Waals surface area contributed by atoms with Gasteiger partial charge in [0.05, 0.1) is 16.4 Å². The number of aryl methyl sites for hydroxylation is 2. The third kappa shape index (κ3) is 5.55. The van der Waals surface area contributed by atoms with Crippen LogP contribution < -0.4 is 0 Å². The molecule has 0 amide bonds. The highest BCUT2D eigenvalue weighted by Gasteiger charge is 2.46. The summed E-state index contributed by atoms with van der Waals surface area (Å²) < 4.78 is 2.45. The molecule has 292 valence electrons. The highest BCUT2D eigenvalue weighted by Crippen LogP contribution is 2.56. The molecule has 10 aromatic carbocycles. The molecule has 62 heavy (non-hydrogen) atoms. The number of rotatable bonds is 6. The SMILES string of the molecule is Cc1cc(C)cc(-c2ccc(-c3ccc(-n4c5ccc(-c6ccc7c(c6)C(c6ccccc6)(c6ccccc6)c6ccccc6-7)cc5c5c6ccccc6ccc54)cc3)cc2)c1. The van der Waals surface area contributed by atoms with Gasteiger partial charge in [-0.2, -0.15) is 0 Å². The summed E-state index contributed by atoms with van der Waals surface area (Å²) in [6.45, 7) is 4.33. The quantitative estimate of drug-likeness (QED) is 0.158. The van der Waals surface area contributed by atoms with Crippen molar-refractivity contribution in [2.24, 2.45) is 0 Å². The number of hydrogen-bond donors (Lipinski definition) is 0. The molecule has 0 spiro atoms. The van der Waals surface area contributed by atoms with E-state index in [0.717, 1.165) is 5.69 Å². The van der Waals surface area contributed by atoms with Gasteiger partial charge in [0.15, 0.2) is 0 Å². The zero-order valence-corrected chi connectivity index (χ0v) is 34.8. The molecule has 0 fully saturated rings. The molecule has 1 aromatic heterocycles. The maximum absolute atomic E-state index is 2.47. The maximum Gasteiger partial charge on any atom is 0.0713 e. The van der Waals surface area contributed by atoms with Gasteiger partial charge in [-0.1, -0.05) is 199 Å². The van der Waals surface area contributed by atoms with Crippen LogP contribution >= 0.6 is 0 Å². The molecule has 0 aliphatic heterocycles. The Morgan fingerprint density at radius 2 is 0.871 bits per heavy atom. The molecule has 0 radical (unpaired) electrons. The number of hydrogen-bond acceptors (Lipinski definition) is 0. The maximum atomic E-state index is 2.47. The average molecular weight is 790 g/mol. The van der Waals surface area contributed by atoms with Crippen molar-refractivity contribution in [3.05, 3.63) is 258 Å². The zero-order valence-electron chi connectivity index (χ0n) is 34.8. The Balaban J connectivity index is 1.00. The van der Waals surface area contributed by atoms with Gasteiger partial charge < -0.3 is 4.57 Å². The first-order valence-corrected chi connectivity index (χ1v) is 21.7. The molecular weight excluding hydrogens is 747 g/mol. The number of fused-ring (bicyclic) bond motifs is 8. The minimum absolute atomic E-state index is 0.449. The van der Waals surface area contributed by atoms with Crippen LogP contribution in [0.3, 0.4) is 0 Å². The van der Waals surface area contributed by atoms with E-state index in [-0.39, 0.29) is 0 Å². The van der Waals surface area contributed by atoms with E-state index in [4.69, 9.17) is 0 Å². The van der Waals surface area contributed by atoms with Crippen molar-refractivity contribution < 1.29 is 0 Å². The molecule has 0 N–H and O–H groups in total. The standard InChI is InChI=1S/C61H43N/c1-40-35-41(2)37-48(36-40)44-23-21-42(22-24-44)43-25-30-51(31-26-43)62-58-33-29-46(38-55(58)60-52-18-10-9-13-45(52)28-34-59(60)62)47-27-32-54-53-19-11-12-20-56(53)61(57(54)39-47,49-14-5-3-6-15-49)50-16-7-4-8-17-50/h3-39H,1-2H3. The summed E-state index contributed by atoms with van der Waals surface area (Å²) in [5.41, 5.74) is 20.8. The van der Waals surface area contributed by atoms with Gasteiger partial charge in [-0.15, -0.1) is 0 Å². The van der Waals surface area contributed by atoms with E-state index >= 15 is 0 Å². The normalized spacial score (nSPS) is 12.8. The van der Waals surface area contributed by atoms with E-state index in [1.165, 1.54) is 110 Å². The lowest BCUT2D eigenvalue weighted by molar-refractivity contribution is 0.769. The molecule has 0 bridgehead atoms. The lowest BCUT2D eigenvalue weighted by atomic mass is 9.67. The third-order valence-corrected chi connectivity index (χ3v) is 13.3. The van der Waals surface area contributed by atoms with Crippen LogP contribution in [0.4, 0.5) is 0 Å². The summed E-state index contributed by atoms with van der Waals surface area (Å²) in [7, 11) is 0. The lowest BCUT2D eigenvalue weighted by Crippen LogP contribution is -2.28. The molecule has 11 aromatic rings. The van der Waals surface area contributed by atoms with Crippen LogP contribution in [0, 0.1) is 13.8 Å². The van der Waals surface area contributed by atoms with Crippen LogP contribution in [0.15, 0.2) is 224 Å². The summed E-state index contributed by atoms with van der Waals surface area (Å²) >= 11 is 0. The third-order valence-electron chi connectivity index (χ3n) is 13.3. The van der Waals surface area contributed by atoms with Gasteiger partial charge in [0.1, 0.15) is 0 Å². The van der Waals surface area contributed by atoms with Crippen molar-refractivity contribution in [2.45, 2.75) is 19.3 Å². The molecular formula is C61H43N. The van der Waals surface area contributed by atoms with Crippen LogP contribution in [-0.4, -0.2) is 4.57 Å². The molecule has 1 heterocycles. The Hall–Kier alpha value is -7.74. The average Bonchev–Trinajstić information content (AvgIpc) is 3.82. The van der Waals surface area contributed by atoms with Gasteiger partial charge in [0.2, 0.25) is 0 Å². The summed E-state index contributed by atoms with van der Waals surface area (Å²) in [6, 6.07) is 83.6. The molecule has 1 aliphatic rings. The van der Waals surface area contributed by atoms with Crippen LogP contribution in [0.5, 0.6) is 0 Å². The van der Waals surface area contributed by atoms with E-state index in [1.807, 2.05) is 0 Å². The Morgan fingerprint density at radius 1 is 0.339 bits per heavy atom. The van der Waals surface area contributed by atoms with Gasteiger partial charge in [-0.3, -0.25) is 0 Å². The van der Waals surface area contributed by atoms with Gasteiger partial charge in [0, 0.05) is 16.5 Å². The van der Waals surface area contributed by atoms with Crippen molar-refractivity contribution >= 4 is 32.6 Å². The first kappa shape index (κ1) is 36.1. The minimum atomic E-state index is -0.449. The number of nitrogens with zero attached hydrogens (tertiary/aromatic N) is 1. The van der Waals surface area contributed by atoms with Crippen molar-refractivity contribution in [1.82, 2.24) is 4.57 Å². The van der Waals surface area contributed by atoms with Crippen LogP contribution in [0.25, 0.3) is 82.8 Å². The monoisotopic (exact) mass is 789 g/mol. The van der Waals surface area contributed by atoms with E-state index < -0.39 is 5.41 Å². The van der Waals surface area contributed by atoms with Crippen molar-refractivity contribution in [3.63, 3.8) is 0 Å². The lowest BCUT2D eigenvalue weighted by Gasteiger charge is -2.34. The fourth-order valence-corrected chi connectivity index (χ4v) is 10.7. The second kappa shape index (κ2) is 14.2. The fraction of sp³-hybridized carbons (Fsp3) is 0.0492. The second-order valence-corrected chi connectivity index (χ2v) is 17.0. The molecule has 0 saturated heterocycles. The molecule has 1 heteroatoms. The molecule has 0 atom stereocenters. The Kier molecular flexibility index (Phi) is 8.27. The first-order chi connectivity index (χ1) is 30.5. The highest BCUT2D eigenvalue weighted by atomic mass is 15.0. The van der Waals surface area contributed by atoms with Crippen LogP contribution in [-0.2, 0) is 5.41 Å². The van der Waals surface area contributed by atoms with Crippen LogP contribution in [0.1, 0.15) is 33.4 Å². The summed E-state index contributed by atoms with van der Waals surface area (Å²) in [4.78, 5) is 0. The topological polar surface area (TPSA) is 4.93 Å². The van der Waals surface area contributed by atoms with Gasteiger partial charge >= 0.3 is 0 Å². The summed E-state index contributed by atoms with van der Waals surface area (Å²) in [5.74, 6) is 0. The Labute approximate surface area is 362 Å². The second-order valence-electron chi connectivity index (χ2n) is 17.0. The largest absolute Gasteiger partial charge is 0.309 e. The number of benzene rings is 10. The van der Waals surface area contributed by atoms with Gasteiger partial charge in [-0.25, -0.2) is 0 Å². The molecule has 1 aliphatic carbocycles. The van der Waals surface area contributed by atoms with Gasteiger partial charge in [-0.05, 0) is 128 Å². The van der Waals surface area contributed by atoms with E-state index in [1.54, 1.807) is 0 Å². The predicted octanol–water partition coefficient (Wildman–Crippen LogP) is 15.9. The fourth-order valence-electron chi connectivity index (χ4n) is 10.7. The Bertz CT molecular complexity index is 3440. The smallest absolute Gasteiger partial charge is 0.0713 e. The zero-order chi connectivity index (χ0) is 41.4. The highest BCUT2D eigenvalue weighted by molar-refractivity contribution is 6.22. The first-order valence-electron chi connectivity index (χ1n) is 21.7. The molecule has 0 saturated carbocycles. The molecule has 12 rings (SSSR count). The van der Waals surface area contributed by atoms with E-state index in [9.17, 15) is 0 Å². The summed E-state index contributed by atoms with van der Waals surface area (Å²) in [6.07, 6.45) is 0. The van der Waals surface area contributed by atoms with Gasteiger partial charge in [0.25, 0.3) is 0 Å². The number of aromatic nitrogens is 1. The van der Waals surface area contributed by atoms with Crippen molar-refractivity contribution in [1.29, 1.82) is 0 Å². The predicted molar refractivity (Wildman–Crippen MR) is 261 cm³/mol. The molecule has 0 unspecified atom stereocenters. The minimum Gasteiger partial charge on any atom is -0.309 e. The van der Waals surface area contributed by atoms with E-state index in [0.29, 0.717) is 0 Å². The molecule has 1 nitrogen and oxygen atoms in total. The summed E-state index contributed by atoms with van der Waals surface area (Å²) in [5, 5.41) is 5.04. The van der Waals surface area contributed by atoms with Crippen molar-refractivity contribution in [3.8, 4) is 50.2 Å². The van der Waals surface area contributed by atoms with E-state index in [2.05, 4.69) is 243 Å². The van der Waals surface area contributed by atoms with Crippen molar-refractivity contribution in [2.75, 3.05) is 0 Å².